The number of carbonyl (C=O) groups is 1. The van der Waals surface area contributed by atoms with Crippen molar-refractivity contribution in [1.82, 2.24) is 4.90 Å². The Bertz CT molecular complexity index is 201. The van der Waals surface area contributed by atoms with E-state index in [4.69, 9.17) is 21.5 Å². The Morgan fingerprint density at radius 1 is 1.50 bits per heavy atom. The summed E-state index contributed by atoms with van der Waals surface area (Å²) >= 11 is 5.32. The average molecular weight is 193 g/mol. The molecule has 1 aliphatic heterocycles. The molecule has 68 valence electrons. The Morgan fingerprint density at radius 2 is 2.08 bits per heavy atom. The van der Waals surface area contributed by atoms with Crippen LogP contribution >= 0.6 is 11.6 Å². The molecule has 0 aromatic rings. The van der Waals surface area contributed by atoms with Crippen molar-refractivity contribution in [3.8, 4) is 0 Å². The number of ether oxygens (including phenoxy) is 1. The van der Waals surface area contributed by atoms with Crippen LogP contribution in [0, 0.1) is 0 Å². The van der Waals surface area contributed by atoms with E-state index in [1.807, 2.05) is 0 Å². The zero-order chi connectivity index (χ0) is 8.97. The molecule has 1 amide bonds. The van der Waals surface area contributed by atoms with Crippen LogP contribution in [0.15, 0.2) is 5.16 Å². The fourth-order valence-corrected chi connectivity index (χ4v) is 1.06. The lowest BCUT2D eigenvalue weighted by atomic mass is 10.4. The van der Waals surface area contributed by atoms with Crippen LogP contribution in [-0.2, 0) is 9.53 Å². The van der Waals surface area contributed by atoms with Gasteiger partial charge in [0, 0.05) is 13.1 Å². The largest absolute Gasteiger partial charge is 0.409 e. The molecule has 0 aromatic heterocycles. The Hall–Kier alpha value is -0.810. The van der Waals surface area contributed by atoms with Crippen molar-refractivity contribution in [2.75, 3.05) is 26.3 Å². The highest BCUT2D eigenvalue weighted by Crippen LogP contribution is 2.00. The molecule has 1 aliphatic rings. The van der Waals surface area contributed by atoms with Crippen LogP contribution in [0.25, 0.3) is 0 Å². The van der Waals surface area contributed by atoms with Crippen molar-refractivity contribution < 1.29 is 14.7 Å². The molecule has 1 N–H and O–H groups in total. The zero-order valence-corrected chi connectivity index (χ0v) is 7.12. The summed E-state index contributed by atoms with van der Waals surface area (Å²) in [5.41, 5.74) is 0. The highest BCUT2D eigenvalue weighted by atomic mass is 35.5. The van der Waals surface area contributed by atoms with E-state index in [-0.39, 0.29) is 0 Å². The van der Waals surface area contributed by atoms with Crippen molar-refractivity contribution in [3.05, 3.63) is 0 Å². The summed E-state index contributed by atoms with van der Waals surface area (Å²) < 4.78 is 5.02. The summed E-state index contributed by atoms with van der Waals surface area (Å²) in [6.07, 6.45) is 0. The van der Waals surface area contributed by atoms with E-state index in [2.05, 4.69) is 5.16 Å². The normalized spacial score (nSPS) is 19.4. The molecular weight excluding hydrogens is 184 g/mol. The van der Waals surface area contributed by atoms with Gasteiger partial charge in [0.25, 0.3) is 5.91 Å². The van der Waals surface area contributed by atoms with Gasteiger partial charge in [-0.1, -0.05) is 16.8 Å². The molecule has 0 atom stereocenters. The minimum absolute atomic E-state index is 0.406. The van der Waals surface area contributed by atoms with Gasteiger partial charge in [-0.3, -0.25) is 4.79 Å². The van der Waals surface area contributed by atoms with Crippen LogP contribution in [0.4, 0.5) is 0 Å². The number of nitrogens with zero attached hydrogens (tertiary/aromatic N) is 2. The minimum Gasteiger partial charge on any atom is -0.409 e. The van der Waals surface area contributed by atoms with Crippen molar-refractivity contribution >= 4 is 22.7 Å². The number of morpholine rings is 1. The van der Waals surface area contributed by atoms with Crippen molar-refractivity contribution in [3.63, 3.8) is 0 Å². The van der Waals surface area contributed by atoms with Crippen molar-refractivity contribution in [2.45, 2.75) is 0 Å². The van der Waals surface area contributed by atoms with Gasteiger partial charge in [0.2, 0.25) is 5.17 Å². The molecule has 0 spiro atoms. The van der Waals surface area contributed by atoms with E-state index in [0.29, 0.717) is 26.3 Å². The van der Waals surface area contributed by atoms with Crippen LogP contribution in [0.1, 0.15) is 0 Å². The molecule has 12 heavy (non-hydrogen) atoms. The number of amides is 1. The summed E-state index contributed by atoms with van der Waals surface area (Å²) in [5.74, 6) is -0.456. The summed E-state index contributed by atoms with van der Waals surface area (Å²) in [5, 5.41) is 10.4. The first kappa shape index (κ1) is 9.28. The topological polar surface area (TPSA) is 62.1 Å². The first-order valence-electron chi connectivity index (χ1n) is 3.50. The summed E-state index contributed by atoms with van der Waals surface area (Å²) in [6, 6.07) is 0. The minimum atomic E-state index is -0.456. The first-order chi connectivity index (χ1) is 5.75. The van der Waals surface area contributed by atoms with E-state index < -0.39 is 11.1 Å². The maximum absolute atomic E-state index is 11.2. The molecule has 0 aliphatic carbocycles. The molecule has 1 heterocycles. The third-order valence-corrected chi connectivity index (χ3v) is 1.80. The van der Waals surface area contributed by atoms with Gasteiger partial charge >= 0.3 is 0 Å². The molecule has 1 fully saturated rings. The van der Waals surface area contributed by atoms with E-state index in [9.17, 15) is 4.79 Å². The second-order valence-corrected chi connectivity index (χ2v) is 2.65. The van der Waals surface area contributed by atoms with E-state index >= 15 is 0 Å². The smallest absolute Gasteiger partial charge is 0.287 e. The van der Waals surface area contributed by atoms with Crippen LogP contribution in [0.5, 0.6) is 0 Å². The third kappa shape index (κ3) is 2.09. The van der Waals surface area contributed by atoms with Crippen molar-refractivity contribution in [1.29, 1.82) is 0 Å². The second kappa shape index (κ2) is 4.27. The van der Waals surface area contributed by atoms with E-state index in [0.717, 1.165) is 0 Å². The van der Waals surface area contributed by atoms with Gasteiger partial charge in [-0.25, -0.2) is 0 Å². The molecule has 0 radical (unpaired) electrons. The van der Waals surface area contributed by atoms with E-state index in [1.165, 1.54) is 4.90 Å². The molecule has 0 unspecified atom stereocenters. The zero-order valence-electron chi connectivity index (χ0n) is 6.36. The molecule has 1 saturated heterocycles. The fourth-order valence-electron chi connectivity index (χ4n) is 0.940. The SMILES string of the molecule is O=C(/C(Cl)=N/O)N1CCOCC1. The number of hydrogen-bond acceptors (Lipinski definition) is 4. The summed E-state index contributed by atoms with van der Waals surface area (Å²) in [4.78, 5) is 12.7. The molecule has 0 saturated carbocycles. The monoisotopic (exact) mass is 192 g/mol. The number of oxime groups is 1. The Labute approximate surface area is 74.5 Å². The lowest BCUT2D eigenvalue weighted by Gasteiger charge is -2.25. The molecule has 0 aromatic carbocycles. The Balaban J connectivity index is 2.51. The fraction of sp³-hybridized carbons (Fsp3) is 0.667. The Morgan fingerprint density at radius 3 is 2.58 bits per heavy atom. The first-order valence-corrected chi connectivity index (χ1v) is 3.88. The summed E-state index contributed by atoms with van der Waals surface area (Å²) in [7, 11) is 0. The lowest BCUT2D eigenvalue weighted by Crippen LogP contribution is -2.42. The lowest BCUT2D eigenvalue weighted by molar-refractivity contribution is -0.127. The molecule has 6 heteroatoms. The van der Waals surface area contributed by atoms with Crippen LogP contribution in [-0.4, -0.2) is 47.5 Å². The average Bonchev–Trinajstić information content (AvgIpc) is 2.17. The predicted molar refractivity (Wildman–Crippen MR) is 42.5 cm³/mol. The van der Waals surface area contributed by atoms with E-state index in [1.54, 1.807) is 0 Å². The number of hydrogen-bond donors (Lipinski definition) is 1. The van der Waals surface area contributed by atoms with Gasteiger partial charge in [0.05, 0.1) is 13.2 Å². The molecule has 1 rings (SSSR count). The highest BCUT2D eigenvalue weighted by molar-refractivity contribution is 6.82. The second-order valence-electron chi connectivity index (χ2n) is 2.30. The maximum Gasteiger partial charge on any atom is 0.287 e. The molecule has 0 bridgehead atoms. The van der Waals surface area contributed by atoms with Crippen molar-refractivity contribution in [2.24, 2.45) is 5.16 Å². The predicted octanol–water partition coefficient (Wildman–Crippen LogP) is -0.128. The quantitative estimate of drug-likeness (QED) is 0.358. The summed E-state index contributed by atoms with van der Waals surface area (Å²) in [6.45, 7) is 1.98. The van der Waals surface area contributed by atoms with Gasteiger partial charge in [-0.2, -0.15) is 0 Å². The highest BCUT2D eigenvalue weighted by Gasteiger charge is 2.20. The molecule has 5 nitrogen and oxygen atoms in total. The number of carbonyl (C=O) groups excluding carboxylic acids is 1. The van der Waals surface area contributed by atoms with Gasteiger partial charge in [0.15, 0.2) is 0 Å². The maximum atomic E-state index is 11.2. The van der Waals surface area contributed by atoms with Gasteiger partial charge in [-0.15, -0.1) is 0 Å². The van der Waals surface area contributed by atoms with Gasteiger partial charge < -0.3 is 14.8 Å². The Kier molecular flexibility index (Phi) is 3.31. The number of rotatable bonds is 1. The van der Waals surface area contributed by atoms with Crippen LogP contribution in [0.3, 0.4) is 0 Å². The third-order valence-electron chi connectivity index (χ3n) is 1.56. The molecular formula is C6H9ClN2O3. The standard InChI is InChI=1S/C6H9ClN2O3/c7-5(8-11)6(10)9-1-3-12-4-2-9/h11H,1-4H2/b8-5-. The number of halogens is 1. The van der Waals surface area contributed by atoms with Crippen LogP contribution < -0.4 is 0 Å². The van der Waals surface area contributed by atoms with Gasteiger partial charge in [-0.05, 0) is 0 Å². The van der Waals surface area contributed by atoms with Gasteiger partial charge in [0.1, 0.15) is 0 Å². The van der Waals surface area contributed by atoms with Crippen LogP contribution in [0.2, 0.25) is 0 Å².